The quantitative estimate of drug-likeness (QED) is 0.842. The number of aryl methyl sites for hydroxylation is 2. The number of nitrogens with one attached hydrogen (secondary N) is 1. The van der Waals surface area contributed by atoms with Gasteiger partial charge in [-0.2, -0.15) is 16.9 Å². The molecule has 6 heteroatoms. The molecular weight excluding hydrogens is 236 g/mol. The summed E-state index contributed by atoms with van der Waals surface area (Å²) in [5, 5.41) is 7.62. The van der Waals surface area contributed by atoms with Gasteiger partial charge in [-0.3, -0.25) is 9.48 Å². The molecule has 94 valence electrons. The van der Waals surface area contributed by atoms with E-state index in [0.29, 0.717) is 28.9 Å². The van der Waals surface area contributed by atoms with Crippen molar-refractivity contribution in [3.05, 3.63) is 11.4 Å². The lowest BCUT2D eigenvalue weighted by atomic mass is 10.2. The van der Waals surface area contributed by atoms with Gasteiger partial charge in [-0.1, -0.05) is 0 Å². The van der Waals surface area contributed by atoms with Gasteiger partial charge in [-0.15, -0.1) is 0 Å². The number of anilines is 1. The van der Waals surface area contributed by atoms with Crippen LogP contribution in [0.4, 0.5) is 5.69 Å². The molecule has 0 aliphatic carbocycles. The summed E-state index contributed by atoms with van der Waals surface area (Å²) in [4.78, 5) is 12.0. The molecule has 0 aromatic carbocycles. The molecule has 3 N–H and O–H groups in total. The monoisotopic (exact) mass is 254 g/mol. The summed E-state index contributed by atoms with van der Waals surface area (Å²) < 4.78 is 1.54. The largest absolute Gasteiger partial charge is 0.395 e. The minimum Gasteiger partial charge on any atom is -0.395 e. The van der Waals surface area contributed by atoms with Gasteiger partial charge in [0.05, 0.1) is 11.4 Å². The van der Waals surface area contributed by atoms with Crippen LogP contribution in [0.5, 0.6) is 0 Å². The van der Waals surface area contributed by atoms with Crippen molar-refractivity contribution in [1.29, 1.82) is 0 Å². The molecule has 0 radical (unpaired) electrons. The molecular formula is C11H18N4OS. The van der Waals surface area contributed by atoms with Gasteiger partial charge in [0.2, 0.25) is 0 Å². The highest BCUT2D eigenvalue weighted by atomic mass is 32.2. The molecule has 1 amide bonds. The highest BCUT2D eigenvalue weighted by molar-refractivity contribution is 8.00. The second-order valence-electron chi connectivity index (χ2n) is 4.32. The van der Waals surface area contributed by atoms with Crippen LogP contribution in [-0.4, -0.2) is 33.2 Å². The summed E-state index contributed by atoms with van der Waals surface area (Å²) in [7, 11) is 1.74. The predicted octanol–water partition coefficient (Wildman–Crippen LogP) is 0.936. The number of nitrogens with two attached hydrogens (primary N) is 1. The van der Waals surface area contributed by atoms with Crippen molar-refractivity contribution in [2.24, 2.45) is 7.05 Å². The van der Waals surface area contributed by atoms with Gasteiger partial charge in [-0.05, 0) is 25.5 Å². The zero-order valence-electron chi connectivity index (χ0n) is 10.2. The average molecular weight is 254 g/mol. The third-order valence-electron chi connectivity index (χ3n) is 3.00. The van der Waals surface area contributed by atoms with E-state index in [4.69, 9.17) is 5.73 Å². The van der Waals surface area contributed by atoms with Crippen LogP contribution in [0.25, 0.3) is 0 Å². The fourth-order valence-electron chi connectivity index (χ4n) is 2.04. The second kappa shape index (κ2) is 5.00. The fraction of sp³-hybridized carbons (Fsp3) is 0.636. The van der Waals surface area contributed by atoms with E-state index < -0.39 is 0 Å². The maximum Gasteiger partial charge on any atom is 0.271 e. The molecule has 1 unspecified atom stereocenters. The molecule has 1 aromatic heterocycles. The Kier molecular flexibility index (Phi) is 3.61. The number of thioether (sulfide) groups is 1. The Morgan fingerprint density at radius 2 is 2.47 bits per heavy atom. The Labute approximate surface area is 105 Å². The van der Waals surface area contributed by atoms with Crippen molar-refractivity contribution < 1.29 is 4.79 Å². The predicted molar refractivity (Wildman–Crippen MR) is 70.2 cm³/mol. The van der Waals surface area contributed by atoms with E-state index in [1.807, 2.05) is 11.8 Å². The van der Waals surface area contributed by atoms with E-state index in [9.17, 15) is 4.79 Å². The third-order valence-corrected chi connectivity index (χ3v) is 4.40. The minimum atomic E-state index is -0.127. The van der Waals surface area contributed by atoms with Crippen molar-refractivity contribution in [2.45, 2.75) is 25.0 Å². The van der Waals surface area contributed by atoms with Gasteiger partial charge in [0, 0.05) is 18.8 Å². The van der Waals surface area contributed by atoms with Crippen molar-refractivity contribution in [1.82, 2.24) is 15.1 Å². The van der Waals surface area contributed by atoms with Crippen molar-refractivity contribution >= 4 is 23.4 Å². The highest BCUT2D eigenvalue weighted by Gasteiger charge is 2.20. The minimum absolute atomic E-state index is 0.127. The molecule has 2 heterocycles. The van der Waals surface area contributed by atoms with E-state index in [0.717, 1.165) is 0 Å². The Morgan fingerprint density at radius 1 is 1.71 bits per heavy atom. The summed E-state index contributed by atoms with van der Waals surface area (Å²) in [6.07, 6.45) is 2.43. The number of aromatic nitrogens is 2. The molecule has 1 saturated heterocycles. The van der Waals surface area contributed by atoms with Gasteiger partial charge < -0.3 is 11.1 Å². The average Bonchev–Trinajstić information content (AvgIpc) is 2.86. The number of carbonyl (C=O) groups excluding carboxylic acids is 1. The number of nitrogens with zero attached hydrogens (tertiary/aromatic N) is 2. The van der Waals surface area contributed by atoms with Crippen LogP contribution in [0.1, 0.15) is 29.0 Å². The Balaban J connectivity index is 1.99. The van der Waals surface area contributed by atoms with E-state index in [1.165, 1.54) is 18.6 Å². The number of nitrogen functional groups attached to an aromatic ring is 1. The van der Waals surface area contributed by atoms with Crippen molar-refractivity contribution in [3.63, 3.8) is 0 Å². The van der Waals surface area contributed by atoms with E-state index >= 15 is 0 Å². The summed E-state index contributed by atoms with van der Waals surface area (Å²) in [5.74, 6) is 1.08. The Morgan fingerprint density at radius 3 is 3.00 bits per heavy atom. The smallest absolute Gasteiger partial charge is 0.271 e. The van der Waals surface area contributed by atoms with E-state index in [-0.39, 0.29) is 5.91 Å². The topological polar surface area (TPSA) is 72.9 Å². The van der Waals surface area contributed by atoms with Crippen molar-refractivity contribution in [2.75, 3.05) is 18.0 Å². The fourth-order valence-corrected chi connectivity index (χ4v) is 3.24. The first-order valence-electron chi connectivity index (χ1n) is 5.78. The lowest BCUT2D eigenvalue weighted by molar-refractivity contribution is 0.0945. The van der Waals surface area contributed by atoms with Crippen LogP contribution in [0.3, 0.4) is 0 Å². The number of hydrogen-bond donors (Lipinski definition) is 2. The number of rotatable bonds is 3. The first-order chi connectivity index (χ1) is 8.09. The lowest BCUT2D eigenvalue weighted by Gasteiger charge is -2.10. The number of carbonyl (C=O) groups is 1. The normalized spacial score (nSPS) is 19.5. The molecule has 5 nitrogen and oxygen atoms in total. The first-order valence-corrected chi connectivity index (χ1v) is 6.83. The SMILES string of the molecule is Cc1nn(C)c(C(=O)NCC2CCCS2)c1N. The van der Waals surface area contributed by atoms with Crippen LogP contribution >= 0.6 is 11.8 Å². The maximum absolute atomic E-state index is 12.0. The van der Waals surface area contributed by atoms with E-state index in [1.54, 1.807) is 18.7 Å². The summed E-state index contributed by atoms with van der Waals surface area (Å²) in [6, 6.07) is 0. The van der Waals surface area contributed by atoms with E-state index in [2.05, 4.69) is 10.4 Å². The van der Waals surface area contributed by atoms with Gasteiger partial charge in [0.15, 0.2) is 0 Å². The number of amides is 1. The molecule has 1 atom stereocenters. The Bertz CT molecular complexity index is 423. The molecule has 1 fully saturated rings. The second-order valence-corrected chi connectivity index (χ2v) is 5.72. The molecule has 17 heavy (non-hydrogen) atoms. The molecule has 2 rings (SSSR count). The van der Waals surface area contributed by atoms with Crippen LogP contribution in [0.2, 0.25) is 0 Å². The lowest BCUT2D eigenvalue weighted by Crippen LogP contribution is -2.31. The maximum atomic E-state index is 12.0. The van der Waals surface area contributed by atoms with Crippen molar-refractivity contribution in [3.8, 4) is 0 Å². The summed E-state index contributed by atoms with van der Waals surface area (Å²) >= 11 is 1.92. The van der Waals surface area contributed by atoms with Gasteiger partial charge in [-0.25, -0.2) is 0 Å². The zero-order chi connectivity index (χ0) is 12.4. The van der Waals surface area contributed by atoms with Crippen LogP contribution in [0.15, 0.2) is 0 Å². The van der Waals surface area contributed by atoms with Crippen LogP contribution in [-0.2, 0) is 7.05 Å². The molecule has 0 spiro atoms. The van der Waals surface area contributed by atoms with Gasteiger partial charge in [0.1, 0.15) is 5.69 Å². The summed E-state index contributed by atoms with van der Waals surface area (Å²) in [5.41, 5.74) is 7.48. The molecule has 1 aliphatic heterocycles. The molecule has 0 saturated carbocycles. The molecule has 1 aromatic rings. The molecule has 0 bridgehead atoms. The summed E-state index contributed by atoms with van der Waals surface area (Å²) in [6.45, 7) is 2.52. The molecule has 1 aliphatic rings. The first kappa shape index (κ1) is 12.3. The third kappa shape index (κ3) is 2.57. The highest BCUT2D eigenvalue weighted by Crippen LogP contribution is 2.25. The van der Waals surface area contributed by atoms with Crippen LogP contribution in [0, 0.1) is 6.92 Å². The Hall–Kier alpha value is -1.17. The van der Waals surface area contributed by atoms with Gasteiger partial charge in [0.25, 0.3) is 5.91 Å². The van der Waals surface area contributed by atoms with Gasteiger partial charge >= 0.3 is 0 Å². The number of hydrogen-bond acceptors (Lipinski definition) is 4. The standard InChI is InChI=1S/C11H18N4OS/c1-7-9(12)10(15(2)14-7)11(16)13-6-8-4-3-5-17-8/h8H,3-6,12H2,1-2H3,(H,13,16). The van der Waals surface area contributed by atoms with Crippen LogP contribution < -0.4 is 11.1 Å². The zero-order valence-corrected chi connectivity index (χ0v) is 11.0.